The van der Waals surface area contributed by atoms with Gasteiger partial charge in [-0.2, -0.15) is 5.10 Å². The molecule has 4 rings (SSSR count). The van der Waals surface area contributed by atoms with Gasteiger partial charge >= 0.3 is 0 Å². The maximum Gasteiger partial charge on any atom is 0.287 e. The third-order valence-corrected chi connectivity index (χ3v) is 5.07. The summed E-state index contributed by atoms with van der Waals surface area (Å²) in [5.41, 5.74) is 5.92. The Morgan fingerprint density at radius 2 is 1.64 bits per heavy atom. The van der Waals surface area contributed by atoms with Crippen LogP contribution >= 0.6 is 0 Å². The number of para-hydroxylation sites is 2. The summed E-state index contributed by atoms with van der Waals surface area (Å²) in [6.07, 6.45) is 2.96. The molecule has 0 atom stereocenters. The van der Waals surface area contributed by atoms with Gasteiger partial charge in [-0.1, -0.05) is 54.6 Å². The van der Waals surface area contributed by atoms with Crippen molar-refractivity contribution in [2.45, 2.75) is 6.92 Å². The van der Waals surface area contributed by atoms with E-state index in [0.29, 0.717) is 11.1 Å². The molecule has 0 saturated heterocycles. The van der Waals surface area contributed by atoms with E-state index in [9.17, 15) is 14.7 Å². The fraction of sp³-hybridized carbons (Fsp3) is 0.0385. The Bertz CT molecular complexity index is 1370. The van der Waals surface area contributed by atoms with Crippen LogP contribution in [0.2, 0.25) is 0 Å². The van der Waals surface area contributed by atoms with Crippen molar-refractivity contribution in [1.29, 1.82) is 0 Å². The highest BCUT2D eigenvalue weighted by molar-refractivity contribution is 6.06. The summed E-state index contributed by atoms with van der Waals surface area (Å²) < 4.78 is 0. The first-order valence-corrected chi connectivity index (χ1v) is 10.3. The number of benzene rings is 3. The SMILES string of the molecule is Cc1[nH]c2ccccc2c1C=NNC(=O)C(=Cc1ccccc1O)NC(=O)c1ccccc1. The lowest BCUT2D eigenvalue weighted by molar-refractivity contribution is -0.117. The number of nitrogens with zero attached hydrogens (tertiary/aromatic N) is 1. The second-order valence-corrected chi connectivity index (χ2v) is 7.35. The number of nitrogens with one attached hydrogen (secondary N) is 3. The quantitative estimate of drug-likeness (QED) is 0.207. The molecule has 164 valence electrons. The van der Waals surface area contributed by atoms with E-state index in [1.54, 1.807) is 54.7 Å². The third-order valence-electron chi connectivity index (χ3n) is 5.07. The molecule has 1 aromatic heterocycles. The molecule has 0 saturated carbocycles. The summed E-state index contributed by atoms with van der Waals surface area (Å²) in [4.78, 5) is 28.8. The Kier molecular flexibility index (Phi) is 6.31. The molecule has 0 aliphatic heterocycles. The zero-order valence-corrected chi connectivity index (χ0v) is 17.9. The van der Waals surface area contributed by atoms with Gasteiger partial charge in [0.25, 0.3) is 11.8 Å². The first-order chi connectivity index (χ1) is 16.0. The van der Waals surface area contributed by atoms with E-state index in [2.05, 4.69) is 20.8 Å². The monoisotopic (exact) mass is 438 g/mol. The van der Waals surface area contributed by atoms with Gasteiger partial charge in [0.05, 0.1) is 6.21 Å². The fourth-order valence-electron chi connectivity index (χ4n) is 3.39. The number of hydrogen-bond acceptors (Lipinski definition) is 4. The lowest BCUT2D eigenvalue weighted by Gasteiger charge is -2.09. The number of fused-ring (bicyclic) bond motifs is 1. The van der Waals surface area contributed by atoms with Gasteiger partial charge < -0.3 is 15.4 Å². The largest absolute Gasteiger partial charge is 0.507 e. The van der Waals surface area contributed by atoms with Crippen LogP contribution in [0.15, 0.2) is 89.7 Å². The topological polar surface area (TPSA) is 107 Å². The van der Waals surface area contributed by atoms with Crippen molar-refractivity contribution in [1.82, 2.24) is 15.7 Å². The molecule has 3 aromatic carbocycles. The summed E-state index contributed by atoms with van der Waals surface area (Å²) in [6.45, 7) is 1.92. The number of phenols is 1. The van der Waals surface area contributed by atoms with Crippen LogP contribution in [-0.2, 0) is 4.79 Å². The summed E-state index contributed by atoms with van der Waals surface area (Å²) in [7, 11) is 0. The molecule has 1 heterocycles. The van der Waals surface area contributed by atoms with Gasteiger partial charge in [-0.15, -0.1) is 0 Å². The minimum atomic E-state index is -0.628. The van der Waals surface area contributed by atoms with Crippen molar-refractivity contribution in [2.75, 3.05) is 0 Å². The van der Waals surface area contributed by atoms with E-state index in [-0.39, 0.29) is 11.4 Å². The van der Waals surface area contributed by atoms with Gasteiger partial charge in [-0.05, 0) is 37.3 Å². The molecule has 0 spiro atoms. The van der Waals surface area contributed by atoms with Crippen LogP contribution < -0.4 is 10.7 Å². The molecular weight excluding hydrogens is 416 g/mol. The van der Waals surface area contributed by atoms with Crippen molar-refractivity contribution in [2.24, 2.45) is 5.10 Å². The highest BCUT2D eigenvalue weighted by atomic mass is 16.3. The lowest BCUT2D eigenvalue weighted by atomic mass is 10.1. The van der Waals surface area contributed by atoms with Crippen LogP contribution in [0, 0.1) is 6.92 Å². The van der Waals surface area contributed by atoms with Gasteiger partial charge in [0.15, 0.2) is 0 Å². The number of rotatable bonds is 6. The highest BCUT2D eigenvalue weighted by Gasteiger charge is 2.15. The molecule has 0 unspecified atom stereocenters. The summed E-state index contributed by atoms with van der Waals surface area (Å²) in [5.74, 6) is -1.10. The number of amides is 2. The zero-order chi connectivity index (χ0) is 23.2. The average Bonchev–Trinajstić information content (AvgIpc) is 3.15. The number of hydrazone groups is 1. The molecule has 0 bridgehead atoms. The summed E-state index contributed by atoms with van der Waals surface area (Å²) in [5, 5.41) is 17.8. The predicted octanol–water partition coefficient (Wildman–Crippen LogP) is 4.10. The van der Waals surface area contributed by atoms with Crippen molar-refractivity contribution < 1.29 is 14.7 Å². The molecule has 0 aliphatic rings. The van der Waals surface area contributed by atoms with Crippen molar-refractivity contribution >= 4 is 35.0 Å². The lowest BCUT2D eigenvalue weighted by Crippen LogP contribution is -2.32. The van der Waals surface area contributed by atoms with Crippen LogP contribution in [-0.4, -0.2) is 28.1 Å². The van der Waals surface area contributed by atoms with E-state index >= 15 is 0 Å². The van der Waals surface area contributed by atoms with E-state index in [1.807, 2.05) is 31.2 Å². The standard InChI is InChI=1S/C26H22N4O3/c1-17-21(20-12-6-7-13-22(20)28-17)16-27-30-26(33)23(15-19-11-5-8-14-24(19)31)29-25(32)18-9-3-2-4-10-18/h2-16,28,31H,1H3,(H,29,32)(H,30,33). The molecule has 33 heavy (non-hydrogen) atoms. The van der Waals surface area contributed by atoms with Gasteiger partial charge in [0, 0.05) is 33.3 Å². The van der Waals surface area contributed by atoms with Crippen LogP contribution in [0.3, 0.4) is 0 Å². The Morgan fingerprint density at radius 3 is 2.42 bits per heavy atom. The molecular formula is C26H22N4O3. The van der Waals surface area contributed by atoms with Crippen molar-refractivity contribution in [3.8, 4) is 5.75 Å². The molecule has 0 fully saturated rings. The van der Waals surface area contributed by atoms with Crippen LogP contribution in [0.1, 0.15) is 27.2 Å². The van der Waals surface area contributed by atoms with Gasteiger partial charge in [-0.25, -0.2) is 5.43 Å². The van der Waals surface area contributed by atoms with Gasteiger partial charge in [0.1, 0.15) is 11.4 Å². The number of aromatic amines is 1. The minimum Gasteiger partial charge on any atom is -0.507 e. The number of H-pyrrole nitrogens is 1. The second-order valence-electron chi connectivity index (χ2n) is 7.35. The molecule has 0 aliphatic carbocycles. The number of carbonyl (C=O) groups excluding carboxylic acids is 2. The minimum absolute atomic E-state index is 0.0188. The number of aromatic hydroxyl groups is 1. The zero-order valence-electron chi connectivity index (χ0n) is 17.9. The number of carbonyl (C=O) groups is 2. The van der Waals surface area contributed by atoms with Gasteiger partial charge in [-0.3, -0.25) is 9.59 Å². The van der Waals surface area contributed by atoms with E-state index in [1.165, 1.54) is 12.1 Å². The predicted molar refractivity (Wildman–Crippen MR) is 129 cm³/mol. The first kappa shape index (κ1) is 21.6. The first-order valence-electron chi connectivity index (χ1n) is 10.3. The van der Waals surface area contributed by atoms with E-state index in [4.69, 9.17) is 0 Å². The number of aryl methyl sites for hydroxylation is 1. The number of phenolic OH excluding ortho intramolecular Hbond substituents is 1. The van der Waals surface area contributed by atoms with Crippen LogP contribution in [0.25, 0.3) is 17.0 Å². The van der Waals surface area contributed by atoms with Crippen LogP contribution in [0.4, 0.5) is 0 Å². The Morgan fingerprint density at radius 1 is 0.939 bits per heavy atom. The highest BCUT2D eigenvalue weighted by Crippen LogP contribution is 2.20. The molecule has 4 aromatic rings. The molecule has 4 N–H and O–H groups in total. The summed E-state index contributed by atoms with van der Waals surface area (Å²) in [6, 6.07) is 22.9. The molecule has 7 heteroatoms. The van der Waals surface area contributed by atoms with Gasteiger partial charge in [0.2, 0.25) is 0 Å². The number of aromatic nitrogens is 1. The third kappa shape index (κ3) is 4.99. The van der Waals surface area contributed by atoms with Crippen molar-refractivity contribution in [3.63, 3.8) is 0 Å². The molecule has 0 radical (unpaired) electrons. The smallest absolute Gasteiger partial charge is 0.287 e. The molecule has 7 nitrogen and oxygen atoms in total. The van der Waals surface area contributed by atoms with Crippen LogP contribution in [0.5, 0.6) is 5.75 Å². The Hall–Kier alpha value is -4.65. The van der Waals surface area contributed by atoms with Crippen molar-refractivity contribution in [3.05, 3.63) is 107 Å². The molecule has 2 amide bonds. The number of hydrogen-bond donors (Lipinski definition) is 4. The maximum absolute atomic E-state index is 12.9. The van der Waals surface area contributed by atoms with E-state index < -0.39 is 11.8 Å². The van der Waals surface area contributed by atoms with E-state index in [0.717, 1.165) is 22.2 Å². The fourth-order valence-corrected chi connectivity index (χ4v) is 3.39. The normalized spacial score (nSPS) is 11.6. The Labute approximate surface area is 190 Å². The maximum atomic E-state index is 12.9. The average molecular weight is 438 g/mol. The second kappa shape index (κ2) is 9.65. The Balaban J connectivity index is 1.58. The summed E-state index contributed by atoms with van der Waals surface area (Å²) >= 11 is 0.